The van der Waals surface area contributed by atoms with Crippen molar-refractivity contribution in [2.75, 3.05) is 5.32 Å². The van der Waals surface area contributed by atoms with Crippen LogP contribution < -0.4 is 10.6 Å². The molecule has 0 bridgehead atoms. The van der Waals surface area contributed by atoms with Gasteiger partial charge in [-0.05, 0) is 49.1 Å². The topological polar surface area (TPSA) is 101 Å². The molecule has 0 saturated heterocycles. The van der Waals surface area contributed by atoms with Gasteiger partial charge in [-0.3, -0.25) is 5.10 Å². The average Bonchev–Trinajstić information content (AvgIpc) is 3.26. The lowest BCUT2D eigenvalue weighted by Gasteiger charge is -2.23. The number of aromatic amines is 1. The van der Waals surface area contributed by atoms with Crippen LogP contribution in [0, 0.1) is 0 Å². The number of carbonyl (C=O) groups excluding carboxylic acids is 1. The SMILES string of the molecule is O=C(Nc1ccc(-n2ccnn2)cc1)NC1CCc2[nH]ncc2C1. The van der Waals surface area contributed by atoms with Gasteiger partial charge >= 0.3 is 6.03 Å². The second-order valence-electron chi connectivity index (χ2n) is 5.81. The molecule has 3 aromatic rings. The minimum atomic E-state index is -0.194. The number of urea groups is 1. The summed E-state index contributed by atoms with van der Waals surface area (Å²) in [4.78, 5) is 12.2. The number of amides is 2. The van der Waals surface area contributed by atoms with Crippen molar-refractivity contribution in [1.82, 2.24) is 30.5 Å². The summed E-state index contributed by atoms with van der Waals surface area (Å²) in [5, 5.41) is 20.6. The molecule has 0 aliphatic heterocycles. The van der Waals surface area contributed by atoms with Crippen LogP contribution in [0.3, 0.4) is 0 Å². The first-order valence-electron chi connectivity index (χ1n) is 7.83. The third-order valence-electron chi connectivity index (χ3n) is 4.16. The number of aromatic nitrogens is 5. The fourth-order valence-corrected chi connectivity index (χ4v) is 2.94. The van der Waals surface area contributed by atoms with Crippen LogP contribution >= 0.6 is 0 Å². The summed E-state index contributed by atoms with van der Waals surface area (Å²) in [6.07, 6.45) is 7.85. The molecule has 1 aliphatic rings. The lowest BCUT2D eigenvalue weighted by atomic mass is 9.94. The molecule has 1 aliphatic carbocycles. The standard InChI is InChI=1S/C16H17N7O/c24-16(20-13-3-6-15-11(9-13)10-18-21-15)19-12-1-4-14(5-2-12)23-8-7-17-22-23/h1-2,4-5,7-8,10,13H,3,6,9H2,(H,18,21)(H2,19,20,24). The van der Waals surface area contributed by atoms with E-state index >= 15 is 0 Å². The quantitative estimate of drug-likeness (QED) is 0.682. The normalized spacial score (nSPS) is 16.4. The highest BCUT2D eigenvalue weighted by atomic mass is 16.2. The molecule has 1 atom stereocenters. The second-order valence-corrected chi connectivity index (χ2v) is 5.81. The number of hydrogen-bond donors (Lipinski definition) is 3. The molecule has 8 nitrogen and oxygen atoms in total. The molecule has 122 valence electrons. The molecule has 1 aromatic carbocycles. The van der Waals surface area contributed by atoms with Crippen LogP contribution in [0.25, 0.3) is 5.69 Å². The van der Waals surface area contributed by atoms with Crippen molar-refractivity contribution in [2.24, 2.45) is 0 Å². The van der Waals surface area contributed by atoms with Crippen molar-refractivity contribution < 1.29 is 4.79 Å². The molecular weight excluding hydrogens is 306 g/mol. The van der Waals surface area contributed by atoms with Gasteiger partial charge in [0.1, 0.15) is 0 Å². The van der Waals surface area contributed by atoms with Crippen LogP contribution in [0.4, 0.5) is 10.5 Å². The Kier molecular flexibility index (Phi) is 3.70. The van der Waals surface area contributed by atoms with Crippen LogP contribution in [0.15, 0.2) is 42.9 Å². The molecule has 0 radical (unpaired) electrons. The first kappa shape index (κ1) is 14.4. The van der Waals surface area contributed by atoms with E-state index in [4.69, 9.17) is 0 Å². The number of nitrogens with one attached hydrogen (secondary N) is 3. The monoisotopic (exact) mass is 323 g/mol. The first-order valence-corrected chi connectivity index (χ1v) is 7.83. The summed E-state index contributed by atoms with van der Waals surface area (Å²) in [5.74, 6) is 0. The molecule has 1 unspecified atom stereocenters. The second kappa shape index (κ2) is 6.15. The van der Waals surface area contributed by atoms with E-state index in [9.17, 15) is 4.79 Å². The number of benzene rings is 1. The summed E-state index contributed by atoms with van der Waals surface area (Å²) in [5.41, 5.74) is 3.98. The summed E-state index contributed by atoms with van der Waals surface area (Å²) in [6.45, 7) is 0. The molecule has 8 heteroatoms. The third-order valence-corrected chi connectivity index (χ3v) is 4.16. The molecule has 0 saturated carbocycles. The molecule has 2 aromatic heterocycles. The number of carbonyl (C=O) groups is 1. The van der Waals surface area contributed by atoms with Gasteiger partial charge in [0.25, 0.3) is 0 Å². The Morgan fingerprint density at radius 2 is 2.17 bits per heavy atom. The number of hydrogen-bond acceptors (Lipinski definition) is 4. The lowest BCUT2D eigenvalue weighted by Crippen LogP contribution is -2.41. The highest BCUT2D eigenvalue weighted by Gasteiger charge is 2.21. The highest BCUT2D eigenvalue weighted by Crippen LogP contribution is 2.19. The predicted molar refractivity (Wildman–Crippen MR) is 87.9 cm³/mol. The van der Waals surface area contributed by atoms with Gasteiger partial charge in [0, 0.05) is 17.4 Å². The van der Waals surface area contributed by atoms with E-state index in [-0.39, 0.29) is 12.1 Å². The van der Waals surface area contributed by atoms with E-state index < -0.39 is 0 Å². The molecule has 24 heavy (non-hydrogen) atoms. The minimum absolute atomic E-state index is 0.129. The Hall–Kier alpha value is -3.16. The largest absolute Gasteiger partial charge is 0.335 e. The Bertz CT molecular complexity index is 823. The summed E-state index contributed by atoms with van der Waals surface area (Å²) < 4.78 is 1.66. The van der Waals surface area contributed by atoms with Crippen LogP contribution in [0.1, 0.15) is 17.7 Å². The van der Waals surface area contributed by atoms with Crippen LogP contribution in [0.5, 0.6) is 0 Å². The van der Waals surface area contributed by atoms with Crippen molar-refractivity contribution in [3.8, 4) is 5.69 Å². The van der Waals surface area contributed by atoms with E-state index in [0.717, 1.165) is 30.6 Å². The van der Waals surface area contributed by atoms with E-state index in [1.165, 1.54) is 11.3 Å². The van der Waals surface area contributed by atoms with Gasteiger partial charge in [-0.25, -0.2) is 9.48 Å². The zero-order chi connectivity index (χ0) is 16.4. The van der Waals surface area contributed by atoms with E-state index in [1.54, 1.807) is 17.1 Å². The van der Waals surface area contributed by atoms with Crippen molar-refractivity contribution in [1.29, 1.82) is 0 Å². The highest BCUT2D eigenvalue weighted by molar-refractivity contribution is 5.89. The van der Waals surface area contributed by atoms with Crippen molar-refractivity contribution in [2.45, 2.75) is 25.3 Å². The van der Waals surface area contributed by atoms with Gasteiger partial charge < -0.3 is 10.6 Å². The Morgan fingerprint density at radius 1 is 1.29 bits per heavy atom. The number of H-pyrrole nitrogens is 1. The molecule has 0 spiro atoms. The van der Waals surface area contributed by atoms with E-state index in [2.05, 4.69) is 31.1 Å². The number of fused-ring (bicyclic) bond motifs is 1. The lowest BCUT2D eigenvalue weighted by molar-refractivity contribution is 0.247. The van der Waals surface area contributed by atoms with Crippen molar-refractivity contribution in [3.63, 3.8) is 0 Å². The van der Waals surface area contributed by atoms with Crippen LogP contribution in [0.2, 0.25) is 0 Å². The maximum absolute atomic E-state index is 12.2. The predicted octanol–water partition coefficient (Wildman–Crippen LogP) is 1.67. The van der Waals surface area contributed by atoms with E-state index in [0.29, 0.717) is 0 Å². The van der Waals surface area contributed by atoms with Gasteiger partial charge in [-0.2, -0.15) is 5.10 Å². The minimum Gasteiger partial charge on any atom is -0.335 e. The number of rotatable bonds is 3. The molecule has 4 rings (SSSR count). The fraction of sp³-hybridized carbons (Fsp3) is 0.250. The maximum atomic E-state index is 12.2. The maximum Gasteiger partial charge on any atom is 0.319 e. The molecule has 0 fully saturated rings. The smallest absolute Gasteiger partial charge is 0.319 e. The van der Waals surface area contributed by atoms with Crippen molar-refractivity contribution >= 4 is 11.7 Å². The number of nitrogens with zero attached hydrogens (tertiary/aromatic N) is 4. The first-order chi connectivity index (χ1) is 11.8. The van der Waals surface area contributed by atoms with Gasteiger partial charge in [0.05, 0.1) is 24.3 Å². The van der Waals surface area contributed by atoms with Gasteiger partial charge in [0.15, 0.2) is 0 Å². The van der Waals surface area contributed by atoms with Gasteiger partial charge in [0.2, 0.25) is 0 Å². The average molecular weight is 323 g/mol. The van der Waals surface area contributed by atoms with Gasteiger partial charge in [-0.15, -0.1) is 5.10 Å². The Balaban J connectivity index is 1.35. The van der Waals surface area contributed by atoms with Crippen LogP contribution in [-0.2, 0) is 12.8 Å². The zero-order valence-electron chi connectivity index (χ0n) is 12.9. The summed E-state index contributed by atoms with van der Waals surface area (Å²) in [7, 11) is 0. The van der Waals surface area contributed by atoms with Crippen molar-refractivity contribution in [3.05, 3.63) is 54.1 Å². The number of anilines is 1. The zero-order valence-corrected chi connectivity index (χ0v) is 12.9. The van der Waals surface area contributed by atoms with Gasteiger partial charge in [-0.1, -0.05) is 5.21 Å². The summed E-state index contributed by atoms with van der Waals surface area (Å²) >= 11 is 0. The molecule has 2 amide bonds. The Labute approximate surface area is 138 Å². The molecule has 3 N–H and O–H groups in total. The Morgan fingerprint density at radius 3 is 2.96 bits per heavy atom. The molecule has 2 heterocycles. The molecular formula is C16H17N7O. The number of aryl methyl sites for hydroxylation is 1. The third kappa shape index (κ3) is 2.98. The fourth-order valence-electron chi connectivity index (χ4n) is 2.94. The van der Waals surface area contributed by atoms with Crippen LogP contribution in [-0.4, -0.2) is 37.3 Å². The summed E-state index contributed by atoms with van der Waals surface area (Å²) in [6, 6.07) is 7.37. The van der Waals surface area contributed by atoms with E-state index in [1.807, 2.05) is 30.5 Å².